The Morgan fingerprint density at radius 1 is 1.21 bits per heavy atom. The van der Waals surface area contributed by atoms with Crippen LogP contribution >= 0.6 is 15.9 Å². The van der Waals surface area contributed by atoms with Crippen LogP contribution in [-0.4, -0.2) is 6.61 Å². The highest BCUT2D eigenvalue weighted by molar-refractivity contribution is 9.10. The van der Waals surface area contributed by atoms with E-state index >= 15 is 0 Å². The second-order valence-corrected chi connectivity index (χ2v) is 4.89. The summed E-state index contributed by atoms with van der Waals surface area (Å²) in [5, 5.41) is 3.29. The first-order valence-corrected chi connectivity index (χ1v) is 6.89. The topological polar surface area (TPSA) is 21.3 Å². The molecule has 0 amide bonds. The smallest absolute Gasteiger partial charge is 0.142 e. The van der Waals surface area contributed by atoms with E-state index in [0.29, 0.717) is 17.6 Å². The lowest BCUT2D eigenvalue weighted by Gasteiger charge is -2.12. The predicted molar refractivity (Wildman–Crippen MR) is 79.0 cm³/mol. The lowest BCUT2D eigenvalue weighted by atomic mass is 10.2. The van der Waals surface area contributed by atoms with Crippen LogP contribution in [0.2, 0.25) is 0 Å². The Bertz CT molecular complexity index is 560. The highest BCUT2D eigenvalue weighted by Gasteiger charge is 2.03. The molecule has 0 spiro atoms. The molecule has 0 aliphatic heterocycles. The van der Waals surface area contributed by atoms with Gasteiger partial charge in [0, 0.05) is 6.54 Å². The van der Waals surface area contributed by atoms with E-state index in [9.17, 15) is 4.39 Å². The van der Waals surface area contributed by atoms with Crippen LogP contribution in [0.4, 0.5) is 10.1 Å². The first-order chi connectivity index (χ1) is 9.20. The van der Waals surface area contributed by atoms with Crippen molar-refractivity contribution in [3.05, 3.63) is 58.3 Å². The van der Waals surface area contributed by atoms with Crippen LogP contribution in [0, 0.1) is 5.82 Å². The molecule has 19 heavy (non-hydrogen) atoms. The normalized spacial score (nSPS) is 10.3. The average Bonchev–Trinajstić information content (AvgIpc) is 2.42. The van der Waals surface area contributed by atoms with E-state index in [2.05, 4.69) is 21.2 Å². The molecule has 2 nitrogen and oxygen atoms in total. The number of rotatable bonds is 5. The SMILES string of the molecule is CCOc1ccccc1NCc1ccc(F)c(Br)c1. The predicted octanol–water partition coefficient (Wildman–Crippen LogP) is 4.60. The highest BCUT2D eigenvalue weighted by atomic mass is 79.9. The van der Waals surface area contributed by atoms with E-state index in [0.717, 1.165) is 17.0 Å². The van der Waals surface area contributed by atoms with Gasteiger partial charge in [0.15, 0.2) is 0 Å². The van der Waals surface area contributed by atoms with Crippen LogP contribution in [0.15, 0.2) is 46.9 Å². The highest BCUT2D eigenvalue weighted by Crippen LogP contribution is 2.25. The molecular weight excluding hydrogens is 309 g/mol. The molecule has 2 aromatic rings. The van der Waals surface area contributed by atoms with E-state index in [-0.39, 0.29) is 5.82 Å². The summed E-state index contributed by atoms with van der Waals surface area (Å²) in [4.78, 5) is 0. The minimum absolute atomic E-state index is 0.251. The molecule has 0 saturated heterocycles. The molecule has 0 aliphatic rings. The van der Waals surface area contributed by atoms with Gasteiger partial charge >= 0.3 is 0 Å². The lowest BCUT2D eigenvalue weighted by molar-refractivity contribution is 0.341. The van der Waals surface area contributed by atoms with Gasteiger partial charge in [0.25, 0.3) is 0 Å². The molecule has 0 aromatic heterocycles. The van der Waals surface area contributed by atoms with Crippen molar-refractivity contribution in [1.29, 1.82) is 0 Å². The van der Waals surface area contributed by atoms with Gasteiger partial charge in [-0.2, -0.15) is 0 Å². The zero-order valence-corrected chi connectivity index (χ0v) is 12.2. The minimum atomic E-state index is -0.251. The summed E-state index contributed by atoms with van der Waals surface area (Å²) in [6, 6.07) is 12.8. The maximum Gasteiger partial charge on any atom is 0.142 e. The van der Waals surface area contributed by atoms with E-state index in [1.807, 2.05) is 31.2 Å². The van der Waals surface area contributed by atoms with Gasteiger partial charge in [-0.15, -0.1) is 0 Å². The Balaban J connectivity index is 2.07. The summed E-state index contributed by atoms with van der Waals surface area (Å²) in [6.45, 7) is 3.19. The third kappa shape index (κ3) is 3.70. The molecule has 0 atom stereocenters. The molecule has 0 radical (unpaired) electrons. The summed E-state index contributed by atoms with van der Waals surface area (Å²) in [6.07, 6.45) is 0. The Hall–Kier alpha value is -1.55. The molecule has 0 aliphatic carbocycles. The van der Waals surface area contributed by atoms with Gasteiger partial charge in [0.1, 0.15) is 11.6 Å². The number of anilines is 1. The molecular formula is C15H15BrFNO. The second kappa shape index (κ2) is 6.57. The first kappa shape index (κ1) is 13.9. The van der Waals surface area contributed by atoms with Gasteiger partial charge < -0.3 is 10.1 Å². The van der Waals surface area contributed by atoms with E-state index in [4.69, 9.17) is 4.74 Å². The Morgan fingerprint density at radius 2 is 2.00 bits per heavy atom. The van der Waals surface area contributed by atoms with Crippen molar-refractivity contribution in [1.82, 2.24) is 0 Å². The molecule has 0 bridgehead atoms. The van der Waals surface area contributed by atoms with Crippen molar-refractivity contribution in [2.45, 2.75) is 13.5 Å². The van der Waals surface area contributed by atoms with Gasteiger partial charge in [-0.25, -0.2) is 4.39 Å². The van der Waals surface area contributed by atoms with Gasteiger partial charge in [0.05, 0.1) is 16.8 Å². The Morgan fingerprint density at radius 3 is 2.74 bits per heavy atom. The number of ether oxygens (including phenoxy) is 1. The van der Waals surface area contributed by atoms with Gasteiger partial charge in [-0.05, 0) is 52.7 Å². The van der Waals surface area contributed by atoms with Crippen molar-refractivity contribution in [3.63, 3.8) is 0 Å². The monoisotopic (exact) mass is 323 g/mol. The van der Waals surface area contributed by atoms with Crippen LogP contribution < -0.4 is 10.1 Å². The molecule has 2 aromatic carbocycles. The standard InChI is InChI=1S/C15H15BrFNO/c1-2-19-15-6-4-3-5-14(15)18-10-11-7-8-13(17)12(16)9-11/h3-9,18H,2,10H2,1H3. The molecule has 4 heteroatoms. The second-order valence-electron chi connectivity index (χ2n) is 4.03. The lowest BCUT2D eigenvalue weighted by Crippen LogP contribution is -2.02. The summed E-state index contributed by atoms with van der Waals surface area (Å²) < 4.78 is 19.2. The third-order valence-corrected chi connectivity index (χ3v) is 3.26. The fourth-order valence-corrected chi connectivity index (χ4v) is 2.17. The zero-order valence-electron chi connectivity index (χ0n) is 10.6. The molecule has 100 valence electrons. The van der Waals surface area contributed by atoms with Crippen molar-refractivity contribution >= 4 is 21.6 Å². The maximum atomic E-state index is 13.1. The number of halogens is 2. The Kier molecular flexibility index (Phi) is 4.80. The largest absolute Gasteiger partial charge is 0.492 e. The van der Waals surface area contributed by atoms with Crippen molar-refractivity contribution in [2.24, 2.45) is 0 Å². The molecule has 1 N–H and O–H groups in total. The molecule has 0 saturated carbocycles. The quantitative estimate of drug-likeness (QED) is 0.868. The number of para-hydroxylation sites is 2. The molecule has 2 rings (SSSR count). The van der Waals surface area contributed by atoms with Crippen LogP contribution in [0.3, 0.4) is 0 Å². The molecule has 0 unspecified atom stereocenters. The fourth-order valence-electron chi connectivity index (χ4n) is 1.74. The summed E-state index contributed by atoms with van der Waals surface area (Å²) in [5.74, 6) is 0.574. The van der Waals surface area contributed by atoms with Crippen LogP contribution in [-0.2, 0) is 6.54 Å². The van der Waals surface area contributed by atoms with Gasteiger partial charge in [-0.1, -0.05) is 18.2 Å². The minimum Gasteiger partial charge on any atom is -0.492 e. The zero-order chi connectivity index (χ0) is 13.7. The van der Waals surface area contributed by atoms with Crippen molar-refractivity contribution in [2.75, 3.05) is 11.9 Å². The summed E-state index contributed by atoms with van der Waals surface area (Å²) in [5.41, 5.74) is 1.93. The van der Waals surface area contributed by atoms with E-state index < -0.39 is 0 Å². The summed E-state index contributed by atoms with van der Waals surface area (Å²) >= 11 is 3.18. The number of nitrogens with one attached hydrogen (secondary N) is 1. The van der Waals surface area contributed by atoms with Crippen molar-refractivity contribution in [3.8, 4) is 5.75 Å². The van der Waals surface area contributed by atoms with E-state index in [1.54, 1.807) is 12.1 Å². The fraction of sp³-hybridized carbons (Fsp3) is 0.200. The van der Waals surface area contributed by atoms with Crippen molar-refractivity contribution < 1.29 is 9.13 Å². The van der Waals surface area contributed by atoms with Crippen LogP contribution in [0.25, 0.3) is 0 Å². The maximum absolute atomic E-state index is 13.1. The third-order valence-electron chi connectivity index (χ3n) is 2.65. The average molecular weight is 324 g/mol. The number of hydrogen-bond acceptors (Lipinski definition) is 2. The van der Waals surface area contributed by atoms with Gasteiger partial charge in [0.2, 0.25) is 0 Å². The molecule has 0 heterocycles. The first-order valence-electron chi connectivity index (χ1n) is 6.10. The number of benzene rings is 2. The van der Waals surface area contributed by atoms with Gasteiger partial charge in [-0.3, -0.25) is 0 Å². The Labute approximate surface area is 120 Å². The number of hydrogen-bond donors (Lipinski definition) is 1. The summed E-state index contributed by atoms with van der Waals surface area (Å²) in [7, 11) is 0. The van der Waals surface area contributed by atoms with Crippen LogP contribution in [0.5, 0.6) is 5.75 Å². The molecule has 0 fully saturated rings. The van der Waals surface area contributed by atoms with E-state index in [1.165, 1.54) is 6.07 Å². The van der Waals surface area contributed by atoms with Crippen LogP contribution in [0.1, 0.15) is 12.5 Å².